The smallest absolute Gasteiger partial charge is 0.303 e. The molecule has 1 aliphatic rings. The maximum absolute atomic E-state index is 11.5. The molecule has 1 aliphatic heterocycles. The van der Waals surface area contributed by atoms with Gasteiger partial charge in [0.05, 0.1) is 12.2 Å². The summed E-state index contributed by atoms with van der Waals surface area (Å²) < 4.78 is 5.64. The van der Waals surface area contributed by atoms with Crippen LogP contribution in [0.3, 0.4) is 0 Å². The number of hydrogen-bond donors (Lipinski definition) is 2. The van der Waals surface area contributed by atoms with Crippen molar-refractivity contribution in [2.24, 2.45) is 0 Å². The zero-order valence-corrected chi connectivity index (χ0v) is 11.0. The predicted molar refractivity (Wildman–Crippen MR) is 67.3 cm³/mol. The number of nitrogens with one attached hydrogen (secondary N) is 1. The Morgan fingerprint density at radius 2 is 2.06 bits per heavy atom. The van der Waals surface area contributed by atoms with E-state index in [-0.39, 0.29) is 18.4 Å². The molecule has 0 aromatic carbocycles. The summed E-state index contributed by atoms with van der Waals surface area (Å²) >= 11 is 0. The van der Waals surface area contributed by atoms with Crippen molar-refractivity contribution in [2.75, 3.05) is 6.54 Å². The molecule has 1 fully saturated rings. The second-order valence-electron chi connectivity index (χ2n) is 4.89. The lowest BCUT2D eigenvalue weighted by Crippen LogP contribution is -2.25. The second-order valence-corrected chi connectivity index (χ2v) is 4.89. The highest BCUT2D eigenvalue weighted by Crippen LogP contribution is 2.22. The van der Waals surface area contributed by atoms with Gasteiger partial charge in [-0.15, -0.1) is 0 Å². The molecule has 2 unspecified atom stereocenters. The molecule has 5 heteroatoms. The molecule has 2 N–H and O–H groups in total. The van der Waals surface area contributed by atoms with Gasteiger partial charge in [-0.3, -0.25) is 9.59 Å². The number of rotatable bonds is 8. The van der Waals surface area contributed by atoms with Crippen LogP contribution in [0, 0.1) is 0 Å². The Balaban J connectivity index is 1.95. The first kappa shape index (κ1) is 15.0. The molecule has 0 aromatic heterocycles. The number of hydrogen-bond acceptors (Lipinski definition) is 3. The van der Waals surface area contributed by atoms with Crippen LogP contribution >= 0.6 is 0 Å². The summed E-state index contributed by atoms with van der Waals surface area (Å²) in [5, 5.41) is 11.3. The zero-order chi connectivity index (χ0) is 13.4. The third kappa shape index (κ3) is 6.59. The van der Waals surface area contributed by atoms with E-state index < -0.39 is 5.97 Å². The zero-order valence-electron chi connectivity index (χ0n) is 11.0. The van der Waals surface area contributed by atoms with Crippen LogP contribution in [0.1, 0.15) is 51.9 Å². The number of carbonyl (C=O) groups excluding carboxylic acids is 1. The third-order valence-corrected chi connectivity index (χ3v) is 3.15. The molecule has 0 radical (unpaired) electrons. The van der Waals surface area contributed by atoms with Crippen LogP contribution < -0.4 is 5.32 Å². The van der Waals surface area contributed by atoms with Gasteiger partial charge in [-0.05, 0) is 39.0 Å². The van der Waals surface area contributed by atoms with Crippen LogP contribution in [0.4, 0.5) is 0 Å². The van der Waals surface area contributed by atoms with E-state index in [9.17, 15) is 9.59 Å². The fourth-order valence-electron chi connectivity index (χ4n) is 2.11. The van der Waals surface area contributed by atoms with E-state index in [1.54, 1.807) is 0 Å². The average Bonchev–Trinajstić information content (AvgIpc) is 2.71. The highest BCUT2D eigenvalue weighted by atomic mass is 16.5. The van der Waals surface area contributed by atoms with Crippen molar-refractivity contribution in [1.29, 1.82) is 0 Å². The molecule has 104 valence electrons. The standard InChI is InChI=1S/C13H23NO4/c1-10-5-6-11(18-10)7-8-12(15)14-9-3-2-4-13(16)17/h10-11H,2-9H2,1H3,(H,14,15)(H,16,17). The van der Waals surface area contributed by atoms with Crippen molar-refractivity contribution in [3.05, 3.63) is 0 Å². The van der Waals surface area contributed by atoms with Gasteiger partial charge in [0, 0.05) is 19.4 Å². The highest BCUT2D eigenvalue weighted by molar-refractivity contribution is 5.75. The summed E-state index contributed by atoms with van der Waals surface area (Å²) in [6, 6.07) is 0. The van der Waals surface area contributed by atoms with Crippen molar-refractivity contribution >= 4 is 11.9 Å². The van der Waals surface area contributed by atoms with E-state index in [1.807, 2.05) is 0 Å². The van der Waals surface area contributed by atoms with Crippen molar-refractivity contribution in [2.45, 2.75) is 64.1 Å². The molecule has 0 spiro atoms. The minimum Gasteiger partial charge on any atom is -0.481 e. The lowest BCUT2D eigenvalue weighted by atomic mass is 10.1. The maximum atomic E-state index is 11.5. The van der Waals surface area contributed by atoms with Gasteiger partial charge in [0.15, 0.2) is 0 Å². The topological polar surface area (TPSA) is 75.6 Å². The average molecular weight is 257 g/mol. The van der Waals surface area contributed by atoms with Crippen molar-refractivity contribution in [3.8, 4) is 0 Å². The molecule has 1 amide bonds. The number of carboxylic acids is 1. The van der Waals surface area contributed by atoms with Crippen LogP contribution in [0.25, 0.3) is 0 Å². The first-order valence-corrected chi connectivity index (χ1v) is 6.72. The van der Waals surface area contributed by atoms with Crippen molar-refractivity contribution in [3.63, 3.8) is 0 Å². The molecule has 0 aliphatic carbocycles. The van der Waals surface area contributed by atoms with E-state index in [0.717, 1.165) is 25.7 Å². The minimum atomic E-state index is -0.783. The molecule has 5 nitrogen and oxygen atoms in total. The summed E-state index contributed by atoms with van der Waals surface area (Å²) in [6.45, 7) is 2.62. The first-order valence-electron chi connectivity index (χ1n) is 6.72. The van der Waals surface area contributed by atoms with Crippen LogP contribution in [0.2, 0.25) is 0 Å². The quantitative estimate of drug-likeness (QED) is 0.649. The van der Waals surface area contributed by atoms with E-state index in [1.165, 1.54) is 0 Å². The van der Waals surface area contributed by atoms with Crippen molar-refractivity contribution < 1.29 is 19.4 Å². The maximum Gasteiger partial charge on any atom is 0.303 e. The Morgan fingerprint density at radius 1 is 1.28 bits per heavy atom. The summed E-state index contributed by atoms with van der Waals surface area (Å²) in [5.74, 6) is -0.748. The summed E-state index contributed by atoms with van der Waals surface area (Å²) in [4.78, 5) is 21.8. The molecule has 2 atom stereocenters. The molecule has 1 heterocycles. The normalized spacial score (nSPS) is 22.9. The van der Waals surface area contributed by atoms with Gasteiger partial charge in [-0.25, -0.2) is 0 Å². The van der Waals surface area contributed by atoms with Crippen LogP contribution in [-0.2, 0) is 14.3 Å². The third-order valence-electron chi connectivity index (χ3n) is 3.15. The lowest BCUT2D eigenvalue weighted by Gasteiger charge is -2.10. The molecule has 1 saturated heterocycles. The Bertz CT molecular complexity index is 280. The molecular weight excluding hydrogens is 234 g/mol. The largest absolute Gasteiger partial charge is 0.481 e. The van der Waals surface area contributed by atoms with E-state index >= 15 is 0 Å². The first-order chi connectivity index (χ1) is 8.58. The number of carboxylic acid groups (broad SMARTS) is 1. The molecule has 1 rings (SSSR count). The van der Waals surface area contributed by atoms with E-state index in [4.69, 9.17) is 9.84 Å². The number of unbranched alkanes of at least 4 members (excludes halogenated alkanes) is 1. The Hall–Kier alpha value is -1.10. The molecule has 0 bridgehead atoms. The summed E-state index contributed by atoms with van der Waals surface area (Å²) in [7, 11) is 0. The highest BCUT2D eigenvalue weighted by Gasteiger charge is 2.21. The second kappa shape index (κ2) is 8.08. The van der Waals surface area contributed by atoms with Crippen LogP contribution in [0.15, 0.2) is 0 Å². The van der Waals surface area contributed by atoms with Gasteiger partial charge < -0.3 is 15.2 Å². The summed E-state index contributed by atoms with van der Waals surface area (Å²) in [6.07, 6.45) is 5.47. The fourth-order valence-corrected chi connectivity index (χ4v) is 2.11. The monoisotopic (exact) mass is 257 g/mol. The number of amides is 1. The van der Waals surface area contributed by atoms with Gasteiger partial charge in [-0.1, -0.05) is 0 Å². The Kier molecular flexibility index (Phi) is 6.72. The molecule has 0 saturated carbocycles. The Morgan fingerprint density at radius 3 is 2.67 bits per heavy atom. The molecule has 0 aromatic rings. The van der Waals surface area contributed by atoms with Crippen LogP contribution in [-0.4, -0.2) is 35.7 Å². The molecule has 18 heavy (non-hydrogen) atoms. The minimum absolute atomic E-state index is 0.0356. The van der Waals surface area contributed by atoms with Crippen LogP contribution in [0.5, 0.6) is 0 Å². The number of ether oxygens (including phenoxy) is 1. The number of aliphatic carboxylic acids is 1. The SMILES string of the molecule is CC1CCC(CCC(=O)NCCCCC(=O)O)O1. The van der Waals surface area contributed by atoms with Gasteiger partial charge in [0.2, 0.25) is 5.91 Å². The fraction of sp³-hybridized carbons (Fsp3) is 0.846. The van der Waals surface area contributed by atoms with Gasteiger partial charge in [0.1, 0.15) is 0 Å². The Labute approximate surface area is 108 Å². The van der Waals surface area contributed by atoms with Crippen molar-refractivity contribution in [1.82, 2.24) is 5.32 Å². The van der Waals surface area contributed by atoms with Gasteiger partial charge in [-0.2, -0.15) is 0 Å². The lowest BCUT2D eigenvalue weighted by molar-refractivity contribution is -0.137. The predicted octanol–water partition coefficient (Wildman–Crippen LogP) is 1.71. The van der Waals surface area contributed by atoms with E-state index in [0.29, 0.717) is 25.5 Å². The molecular formula is C13H23NO4. The van der Waals surface area contributed by atoms with Gasteiger partial charge in [0.25, 0.3) is 0 Å². The van der Waals surface area contributed by atoms with E-state index in [2.05, 4.69) is 12.2 Å². The number of carbonyl (C=O) groups is 2. The van der Waals surface area contributed by atoms with Gasteiger partial charge >= 0.3 is 5.97 Å². The summed E-state index contributed by atoms with van der Waals surface area (Å²) in [5.41, 5.74) is 0.